The van der Waals surface area contributed by atoms with E-state index in [1.165, 1.54) is 5.56 Å². The van der Waals surface area contributed by atoms with Crippen molar-refractivity contribution in [1.82, 2.24) is 4.90 Å². The molecular weight excluding hydrogens is 302 g/mol. The third kappa shape index (κ3) is 4.40. The monoisotopic (exact) mass is 323 g/mol. The first-order valence-corrected chi connectivity index (χ1v) is 8.42. The lowest BCUT2D eigenvalue weighted by Gasteiger charge is -2.34. The number of hydrogen-bond acceptors (Lipinski definition) is 4. The van der Waals surface area contributed by atoms with Crippen molar-refractivity contribution in [1.29, 1.82) is 0 Å². The maximum Gasteiger partial charge on any atom is 0.305 e. The maximum absolute atomic E-state index is 12.3. The minimum atomic E-state index is -0.875. The van der Waals surface area contributed by atoms with Crippen molar-refractivity contribution < 1.29 is 19.4 Å². The molecule has 1 saturated heterocycles. The van der Waals surface area contributed by atoms with Gasteiger partial charge in [-0.2, -0.15) is 11.8 Å². The van der Waals surface area contributed by atoms with E-state index in [2.05, 4.69) is 0 Å². The first-order chi connectivity index (χ1) is 10.5. The number of aliphatic carboxylic acids is 1. The summed E-state index contributed by atoms with van der Waals surface area (Å²) in [5.74, 6) is 1.15. The lowest BCUT2D eigenvalue weighted by Crippen LogP contribution is -2.48. The lowest BCUT2D eigenvalue weighted by molar-refractivity contribution is -0.141. The van der Waals surface area contributed by atoms with Crippen LogP contribution in [0.3, 0.4) is 0 Å². The van der Waals surface area contributed by atoms with Gasteiger partial charge >= 0.3 is 5.97 Å². The van der Waals surface area contributed by atoms with Gasteiger partial charge in [0.15, 0.2) is 6.61 Å². The second-order valence-electron chi connectivity index (χ2n) is 5.45. The van der Waals surface area contributed by atoms with E-state index in [1.54, 1.807) is 16.7 Å². The third-order valence-corrected chi connectivity index (χ3v) is 4.89. The molecule has 1 fully saturated rings. The van der Waals surface area contributed by atoms with Crippen LogP contribution in [0.25, 0.3) is 0 Å². The van der Waals surface area contributed by atoms with Crippen molar-refractivity contribution in [3.05, 3.63) is 29.3 Å². The summed E-state index contributed by atoms with van der Waals surface area (Å²) in [6.07, 6.45) is -0.0115. The number of rotatable bonds is 5. The van der Waals surface area contributed by atoms with Gasteiger partial charge in [-0.05, 0) is 37.1 Å². The Kier molecular flexibility index (Phi) is 5.71. The van der Waals surface area contributed by atoms with Crippen molar-refractivity contribution in [2.24, 2.45) is 0 Å². The van der Waals surface area contributed by atoms with E-state index in [9.17, 15) is 9.59 Å². The molecule has 1 aliphatic rings. The largest absolute Gasteiger partial charge is 0.484 e. The van der Waals surface area contributed by atoms with Crippen molar-refractivity contribution in [3.63, 3.8) is 0 Å². The molecule has 5 nitrogen and oxygen atoms in total. The van der Waals surface area contributed by atoms with Gasteiger partial charge in [0.2, 0.25) is 0 Å². The summed E-state index contributed by atoms with van der Waals surface area (Å²) in [5.41, 5.74) is 2.29. The van der Waals surface area contributed by atoms with Crippen LogP contribution in [0.4, 0.5) is 0 Å². The average Bonchev–Trinajstić information content (AvgIpc) is 2.48. The number of hydrogen-bond donors (Lipinski definition) is 1. The predicted molar refractivity (Wildman–Crippen MR) is 86.5 cm³/mol. The van der Waals surface area contributed by atoms with E-state index >= 15 is 0 Å². The van der Waals surface area contributed by atoms with Gasteiger partial charge in [0.05, 0.1) is 12.5 Å². The number of carboxylic acid groups (broad SMARTS) is 1. The van der Waals surface area contributed by atoms with Crippen molar-refractivity contribution >= 4 is 23.6 Å². The smallest absolute Gasteiger partial charge is 0.305 e. The highest BCUT2D eigenvalue weighted by Crippen LogP contribution is 2.20. The Morgan fingerprint density at radius 2 is 2.14 bits per heavy atom. The molecule has 0 radical (unpaired) electrons. The molecule has 1 atom stereocenters. The minimum absolute atomic E-state index is 0.0115. The third-order valence-electron chi connectivity index (χ3n) is 3.80. The fraction of sp³-hybridized carbons (Fsp3) is 0.500. The van der Waals surface area contributed by atoms with Crippen LogP contribution in [0, 0.1) is 13.8 Å². The molecule has 1 aliphatic heterocycles. The van der Waals surface area contributed by atoms with E-state index in [0.29, 0.717) is 18.0 Å². The van der Waals surface area contributed by atoms with Gasteiger partial charge in [-0.3, -0.25) is 9.59 Å². The molecule has 1 aromatic carbocycles. The molecule has 2 rings (SSSR count). The van der Waals surface area contributed by atoms with Crippen LogP contribution < -0.4 is 4.74 Å². The number of thioether (sulfide) groups is 1. The van der Waals surface area contributed by atoms with Crippen LogP contribution in [0.5, 0.6) is 5.75 Å². The summed E-state index contributed by atoms with van der Waals surface area (Å²) in [7, 11) is 0. The quantitative estimate of drug-likeness (QED) is 0.899. The number of benzene rings is 1. The summed E-state index contributed by atoms with van der Waals surface area (Å²) >= 11 is 1.69. The van der Waals surface area contributed by atoms with Gasteiger partial charge in [-0.25, -0.2) is 0 Å². The Morgan fingerprint density at radius 3 is 2.82 bits per heavy atom. The second kappa shape index (κ2) is 7.54. The highest BCUT2D eigenvalue weighted by atomic mass is 32.2. The second-order valence-corrected chi connectivity index (χ2v) is 6.60. The van der Waals surface area contributed by atoms with Gasteiger partial charge < -0.3 is 14.7 Å². The predicted octanol–water partition coefficient (Wildman–Crippen LogP) is 2.10. The van der Waals surface area contributed by atoms with Crippen LogP contribution in [-0.2, 0) is 9.59 Å². The number of carboxylic acids is 1. The van der Waals surface area contributed by atoms with E-state index in [0.717, 1.165) is 11.3 Å². The highest BCUT2D eigenvalue weighted by molar-refractivity contribution is 7.99. The fourth-order valence-corrected chi connectivity index (χ4v) is 3.45. The average molecular weight is 323 g/mol. The Bertz CT molecular complexity index is 561. The standard InChI is InChI=1S/C16H21NO4S/c1-11-3-4-14(7-12(11)2)21-9-15(18)17-5-6-22-10-13(17)8-16(19)20/h3-4,7,13H,5-6,8-10H2,1-2H3,(H,19,20). The number of aryl methyl sites for hydroxylation is 2. The van der Waals surface area contributed by atoms with Crippen LogP contribution in [-0.4, -0.2) is 52.6 Å². The number of nitrogens with zero attached hydrogens (tertiary/aromatic N) is 1. The number of carbonyl (C=O) groups is 2. The Balaban J connectivity index is 1.94. The van der Waals surface area contributed by atoms with Crippen molar-refractivity contribution in [2.75, 3.05) is 24.7 Å². The number of amides is 1. The van der Waals surface area contributed by atoms with E-state index in [4.69, 9.17) is 9.84 Å². The van der Waals surface area contributed by atoms with E-state index < -0.39 is 5.97 Å². The topological polar surface area (TPSA) is 66.8 Å². The summed E-state index contributed by atoms with van der Waals surface area (Å²) in [6.45, 7) is 4.54. The van der Waals surface area contributed by atoms with E-state index in [-0.39, 0.29) is 25.0 Å². The van der Waals surface area contributed by atoms with Crippen molar-refractivity contribution in [3.8, 4) is 5.75 Å². The van der Waals surface area contributed by atoms with E-state index in [1.807, 2.05) is 32.0 Å². The van der Waals surface area contributed by atoms with Crippen LogP contribution in [0.1, 0.15) is 17.5 Å². The van der Waals surface area contributed by atoms with Gasteiger partial charge in [-0.15, -0.1) is 0 Å². The molecule has 0 spiro atoms. The zero-order valence-electron chi connectivity index (χ0n) is 12.9. The van der Waals surface area contributed by atoms with Gasteiger partial charge in [0.1, 0.15) is 5.75 Å². The lowest BCUT2D eigenvalue weighted by atomic mass is 10.1. The Labute approximate surface area is 134 Å². The molecule has 1 heterocycles. The minimum Gasteiger partial charge on any atom is -0.484 e. The summed E-state index contributed by atoms with van der Waals surface area (Å²) in [4.78, 5) is 24.9. The van der Waals surface area contributed by atoms with Crippen LogP contribution in [0.15, 0.2) is 18.2 Å². The van der Waals surface area contributed by atoms with Crippen LogP contribution in [0.2, 0.25) is 0 Å². The molecular formula is C16H21NO4S. The van der Waals surface area contributed by atoms with Crippen LogP contribution >= 0.6 is 11.8 Å². The zero-order chi connectivity index (χ0) is 16.1. The Hall–Kier alpha value is -1.69. The molecule has 6 heteroatoms. The molecule has 0 aliphatic carbocycles. The summed E-state index contributed by atoms with van der Waals surface area (Å²) in [6, 6.07) is 5.46. The molecule has 1 N–H and O–H groups in total. The molecule has 0 saturated carbocycles. The molecule has 0 aromatic heterocycles. The van der Waals surface area contributed by atoms with Gasteiger partial charge in [0.25, 0.3) is 5.91 Å². The van der Waals surface area contributed by atoms with Crippen molar-refractivity contribution in [2.45, 2.75) is 26.3 Å². The van der Waals surface area contributed by atoms with Gasteiger partial charge in [-0.1, -0.05) is 6.07 Å². The number of carbonyl (C=O) groups excluding carboxylic acids is 1. The summed E-state index contributed by atoms with van der Waals surface area (Å²) < 4.78 is 5.56. The molecule has 1 amide bonds. The first kappa shape index (κ1) is 16.7. The molecule has 1 unspecified atom stereocenters. The Morgan fingerprint density at radius 1 is 1.36 bits per heavy atom. The maximum atomic E-state index is 12.3. The first-order valence-electron chi connectivity index (χ1n) is 7.26. The highest BCUT2D eigenvalue weighted by Gasteiger charge is 2.28. The molecule has 120 valence electrons. The molecule has 1 aromatic rings. The number of ether oxygens (including phenoxy) is 1. The fourth-order valence-electron chi connectivity index (χ4n) is 2.39. The van der Waals surface area contributed by atoms with Gasteiger partial charge in [0, 0.05) is 18.1 Å². The normalized spacial score (nSPS) is 18.1. The summed E-state index contributed by atoms with van der Waals surface area (Å²) in [5, 5.41) is 8.95. The molecule has 0 bridgehead atoms. The zero-order valence-corrected chi connectivity index (χ0v) is 13.7. The SMILES string of the molecule is Cc1ccc(OCC(=O)N2CCSCC2CC(=O)O)cc1C. The molecule has 22 heavy (non-hydrogen) atoms.